The zero-order valence-corrected chi connectivity index (χ0v) is 11.8. The highest BCUT2D eigenvalue weighted by molar-refractivity contribution is 6.42. The molecule has 4 nitrogen and oxygen atoms in total. The minimum absolute atomic E-state index is 0.376. The number of H-pyrrole nitrogens is 1. The van der Waals surface area contributed by atoms with Crippen LogP contribution in [0.5, 0.6) is 0 Å². The normalized spacial score (nSPS) is 18.4. The minimum Gasteiger partial charge on any atom is -0.454 e. The summed E-state index contributed by atoms with van der Waals surface area (Å²) in [7, 11) is 0. The van der Waals surface area contributed by atoms with Crippen molar-refractivity contribution in [2.24, 2.45) is 0 Å². The molecule has 1 unspecified atom stereocenters. The summed E-state index contributed by atoms with van der Waals surface area (Å²) in [6.07, 6.45) is 3.47. The van der Waals surface area contributed by atoms with Crippen LogP contribution in [0.15, 0.2) is 36.7 Å². The maximum Gasteiger partial charge on any atom is 0.334 e. The summed E-state index contributed by atoms with van der Waals surface area (Å²) in [5.41, 5.74) is 2.94. The van der Waals surface area contributed by atoms with Crippen molar-refractivity contribution in [1.82, 2.24) is 10.2 Å². The lowest BCUT2D eigenvalue weighted by Crippen LogP contribution is -2.01. The molecule has 1 aromatic carbocycles. The van der Waals surface area contributed by atoms with E-state index in [-0.39, 0.29) is 5.97 Å². The van der Waals surface area contributed by atoms with Crippen molar-refractivity contribution in [1.29, 1.82) is 0 Å². The lowest BCUT2D eigenvalue weighted by molar-refractivity contribution is -0.139. The summed E-state index contributed by atoms with van der Waals surface area (Å²) < 4.78 is 5.32. The van der Waals surface area contributed by atoms with Crippen LogP contribution in [-0.4, -0.2) is 16.2 Å². The maximum atomic E-state index is 11.5. The molecule has 6 heteroatoms. The molecular weight excluding hydrogens is 299 g/mol. The number of aromatic nitrogens is 2. The van der Waals surface area contributed by atoms with Crippen molar-refractivity contribution < 1.29 is 9.53 Å². The first-order chi connectivity index (χ1) is 9.56. The Labute approximate surface area is 125 Å². The van der Waals surface area contributed by atoms with Crippen molar-refractivity contribution >= 4 is 29.2 Å². The SMILES string of the molecule is C=C1CC(c2cc(Cl)c(Cl)cc2-c2cn[nH]c2)OC1=O. The van der Waals surface area contributed by atoms with Gasteiger partial charge in [0.1, 0.15) is 6.10 Å². The fourth-order valence-electron chi connectivity index (χ4n) is 2.21. The highest BCUT2D eigenvalue weighted by atomic mass is 35.5. The molecule has 1 aromatic heterocycles. The Morgan fingerprint density at radius 2 is 2.10 bits per heavy atom. The van der Waals surface area contributed by atoms with E-state index in [9.17, 15) is 4.79 Å². The van der Waals surface area contributed by atoms with Crippen LogP contribution in [0.25, 0.3) is 11.1 Å². The minimum atomic E-state index is -0.394. The molecule has 0 saturated carbocycles. The van der Waals surface area contributed by atoms with E-state index in [0.717, 1.165) is 16.7 Å². The van der Waals surface area contributed by atoms with Gasteiger partial charge in [-0.1, -0.05) is 29.8 Å². The third kappa shape index (κ3) is 2.21. The number of hydrogen-bond donors (Lipinski definition) is 1. The maximum absolute atomic E-state index is 11.5. The molecule has 1 N–H and O–H groups in total. The molecule has 2 aromatic rings. The monoisotopic (exact) mass is 308 g/mol. The number of carbonyl (C=O) groups excluding carboxylic acids is 1. The van der Waals surface area contributed by atoms with Crippen LogP contribution < -0.4 is 0 Å². The summed E-state index contributed by atoms with van der Waals surface area (Å²) in [4.78, 5) is 11.5. The van der Waals surface area contributed by atoms with Crippen LogP contribution in [0.3, 0.4) is 0 Å². The Bertz CT molecular complexity index is 679. The summed E-state index contributed by atoms with van der Waals surface area (Å²) in [6, 6.07) is 3.47. The predicted octanol–water partition coefficient (Wildman–Crippen LogP) is 3.93. The number of nitrogens with one attached hydrogen (secondary N) is 1. The van der Waals surface area contributed by atoms with Crippen molar-refractivity contribution in [2.75, 3.05) is 0 Å². The Morgan fingerprint density at radius 1 is 1.35 bits per heavy atom. The van der Waals surface area contributed by atoms with Crippen molar-refractivity contribution in [3.05, 3.63) is 52.3 Å². The number of carbonyl (C=O) groups is 1. The molecule has 0 spiro atoms. The zero-order valence-electron chi connectivity index (χ0n) is 10.3. The molecule has 0 radical (unpaired) electrons. The smallest absolute Gasteiger partial charge is 0.334 e. The highest BCUT2D eigenvalue weighted by Crippen LogP contribution is 2.41. The quantitative estimate of drug-likeness (QED) is 0.675. The lowest BCUT2D eigenvalue weighted by Gasteiger charge is -2.15. The third-order valence-corrected chi connectivity index (χ3v) is 3.94. The first-order valence-electron chi connectivity index (χ1n) is 5.93. The number of halogens is 2. The fraction of sp³-hybridized carbons (Fsp3) is 0.143. The first kappa shape index (κ1) is 13.2. The summed E-state index contributed by atoms with van der Waals surface area (Å²) in [6.45, 7) is 3.69. The van der Waals surface area contributed by atoms with Crippen molar-refractivity contribution in [2.45, 2.75) is 12.5 Å². The molecule has 1 fully saturated rings. The first-order valence-corrected chi connectivity index (χ1v) is 6.68. The summed E-state index contributed by atoms with van der Waals surface area (Å²) >= 11 is 12.2. The van der Waals surface area contributed by atoms with E-state index in [1.807, 2.05) is 0 Å². The van der Waals surface area contributed by atoms with E-state index >= 15 is 0 Å². The number of esters is 1. The fourth-order valence-corrected chi connectivity index (χ4v) is 2.55. The topological polar surface area (TPSA) is 55.0 Å². The average molecular weight is 309 g/mol. The molecule has 3 rings (SSSR count). The van der Waals surface area contributed by atoms with E-state index in [0.29, 0.717) is 22.0 Å². The summed E-state index contributed by atoms with van der Waals surface area (Å²) in [5, 5.41) is 7.53. The second kappa shape index (κ2) is 4.96. The zero-order chi connectivity index (χ0) is 14.3. The van der Waals surface area contributed by atoms with Gasteiger partial charge in [-0.3, -0.25) is 5.10 Å². The molecule has 1 aliphatic rings. The molecule has 20 heavy (non-hydrogen) atoms. The molecule has 1 aliphatic heterocycles. The van der Waals surface area contributed by atoms with Gasteiger partial charge in [-0.2, -0.15) is 5.10 Å². The Hall–Kier alpha value is -1.78. The van der Waals surface area contributed by atoms with E-state index in [1.165, 1.54) is 0 Å². The van der Waals surface area contributed by atoms with E-state index in [4.69, 9.17) is 27.9 Å². The molecular formula is C14H10Cl2N2O2. The number of aromatic amines is 1. The average Bonchev–Trinajstić information content (AvgIpc) is 3.03. The molecule has 2 heterocycles. The molecule has 0 aliphatic carbocycles. The van der Waals surface area contributed by atoms with Crippen molar-refractivity contribution in [3.63, 3.8) is 0 Å². The molecule has 0 bridgehead atoms. The van der Waals surface area contributed by atoms with E-state index in [1.54, 1.807) is 24.5 Å². The van der Waals surface area contributed by atoms with Gasteiger partial charge >= 0.3 is 5.97 Å². The standard InChI is InChI=1S/C14H10Cl2N2O2/c1-7-2-13(20-14(7)19)10-4-12(16)11(15)3-9(10)8-5-17-18-6-8/h3-6,13H,1-2H2,(H,17,18). The second-order valence-corrected chi connectivity index (χ2v) is 5.36. The van der Waals surface area contributed by atoms with Gasteiger partial charge in [0.15, 0.2) is 0 Å². The van der Waals surface area contributed by atoms with E-state index in [2.05, 4.69) is 16.8 Å². The Balaban J connectivity index is 2.12. The number of rotatable bonds is 2. The predicted molar refractivity (Wildman–Crippen MR) is 76.6 cm³/mol. The number of cyclic esters (lactones) is 1. The molecule has 1 atom stereocenters. The Kier molecular flexibility index (Phi) is 3.28. The van der Waals surface area contributed by atoms with Crippen LogP contribution >= 0.6 is 23.2 Å². The number of benzene rings is 1. The lowest BCUT2D eigenvalue weighted by atomic mass is 9.96. The highest BCUT2D eigenvalue weighted by Gasteiger charge is 2.31. The van der Waals surface area contributed by atoms with Crippen LogP contribution in [0.1, 0.15) is 18.1 Å². The van der Waals surface area contributed by atoms with Gasteiger partial charge in [0.25, 0.3) is 0 Å². The van der Waals surface area contributed by atoms with Gasteiger partial charge in [0.05, 0.1) is 16.2 Å². The van der Waals surface area contributed by atoms with Gasteiger partial charge < -0.3 is 4.74 Å². The van der Waals surface area contributed by atoms with Gasteiger partial charge in [-0.05, 0) is 17.7 Å². The van der Waals surface area contributed by atoms with E-state index < -0.39 is 6.10 Å². The Morgan fingerprint density at radius 3 is 2.70 bits per heavy atom. The number of ether oxygens (including phenoxy) is 1. The molecule has 102 valence electrons. The van der Waals surface area contributed by atoms with Gasteiger partial charge in [-0.15, -0.1) is 0 Å². The van der Waals surface area contributed by atoms with Gasteiger partial charge in [0.2, 0.25) is 0 Å². The number of nitrogens with zero attached hydrogens (tertiary/aromatic N) is 1. The molecule has 1 saturated heterocycles. The van der Waals surface area contributed by atoms with Crippen LogP contribution in [0.2, 0.25) is 10.0 Å². The number of hydrogen-bond acceptors (Lipinski definition) is 3. The molecule has 0 amide bonds. The van der Waals surface area contributed by atoms with Crippen molar-refractivity contribution in [3.8, 4) is 11.1 Å². The summed E-state index contributed by atoms with van der Waals surface area (Å²) in [5.74, 6) is -0.376. The van der Waals surface area contributed by atoms with Crippen LogP contribution in [0.4, 0.5) is 0 Å². The van der Waals surface area contributed by atoms with Crippen LogP contribution in [0, 0.1) is 0 Å². The third-order valence-electron chi connectivity index (χ3n) is 3.22. The van der Waals surface area contributed by atoms with Gasteiger partial charge in [0, 0.05) is 29.3 Å². The largest absolute Gasteiger partial charge is 0.454 e. The van der Waals surface area contributed by atoms with Crippen LogP contribution in [-0.2, 0) is 9.53 Å². The second-order valence-electron chi connectivity index (χ2n) is 4.54. The van der Waals surface area contributed by atoms with Gasteiger partial charge in [-0.25, -0.2) is 4.79 Å².